The third-order valence-corrected chi connectivity index (χ3v) is 4.97. The van der Waals surface area contributed by atoms with Crippen LogP contribution in [-0.4, -0.2) is 71.7 Å². The lowest BCUT2D eigenvalue weighted by Gasteiger charge is -2.35. The first-order chi connectivity index (χ1) is 14.5. The van der Waals surface area contributed by atoms with Gasteiger partial charge in [-0.1, -0.05) is 23.7 Å². The molecule has 1 fully saturated rings. The number of anilines is 1. The maximum absolute atomic E-state index is 12.6. The molecule has 2 heterocycles. The van der Waals surface area contributed by atoms with Crippen LogP contribution in [0.1, 0.15) is 17.3 Å². The maximum atomic E-state index is 12.6. The van der Waals surface area contributed by atoms with E-state index in [0.29, 0.717) is 49.3 Å². The molecule has 2 aromatic rings. The molecular formula is C20H27ClIN7O2. The van der Waals surface area contributed by atoms with Gasteiger partial charge in [0.1, 0.15) is 6.54 Å². The SMILES string of the molecule is CCNC(=NCCNC(=O)c1ccccc1Cl)N1CCN(c2cnn(C)c2)C(=O)C1.I. The Morgan fingerprint density at radius 3 is 2.68 bits per heavy atom. The van der Waals surface area contributed by atoms with Crippen molar-refractivity contribution in [2.45, 2.75) is 6.92 Å². The number of aromatic nitrogens is 2. The van der Waals surface area contributed by atoms with Crippen LogP contribution in [0.2, 0.25) is 5.02 Å². The molecule has 0 saturated carbocycles. The second kappa shape index (κ2) is 11.9. The van der Waals surface area contributed by atoms with E-state index in [1.165, 1.54) is 0 Å². The molecule has 31 heavy (non-hydrogen) atoms. The minimum atomic E-state index is -0.235. The summed E-state index contributed by atoms with van der Waals surface area (Å²) in [6, 6.07) is 6.91. The summed E-state index contributed by atoms with van der Waals surface area (Å²) in [5.41, 5.74) is 1.23. The highest BCUT2D eigenvalue weighted by molar-refractivity contribution is 14.0. The number of nitrogens with one attached hydrogen (secondary N) is 2. The summed E-state index contributed by atoms with van der Waals surface area (Å²) >= 11 is 6.05. The molecule has 3 rings (SSSR count). The van der Waals surface area contributed by atoms with Crippen molar-refractivity contribution in [1.82, 2.24) is 25.3 Å². The summed E-state index contributed by atoms with van der Waals surface area (Å²) in [6.07, 6.45) is 3.52. The molecule has 1 aromatic carbocycles. The molecule has 0 radical (unpaired) electrons. The Bertz CT molecular complexity index is 934. The van der Waals surface area contributed by atoms with Gasteiger partial charge in [0.2, 0.25) is 5.91 Å². The van der Waals surface area contributed by atoms with Gasteiger partial charge in [0, 0.05) is 39.4 Å². The van der Waals surface area contributed by atoms with Gasteiger partial charge < -0.3 is 20.4 Å². The van der Waals surface area contributed by atoms with Crippen molar-refractivity contribution in [3.8, 4) is 0 Å². The van der Waals surface area contributed by atoms with Gasteiger partial charge in [0.25, 0.3) is 5.91 Å². The summed E-state index contributed by atoms with van der Waals surface area (Å²) in [6.45, 7) is 4.84. The predicted molar refractivity (Wildman–Crippen MR) is 132 cm³/mol. The number of carbonyl (C=O) groups excluding carboxylic acids is 2. The molecule has 2 N–H and O–H groups in total. The third kappa shape index (κ3) is 6.57. The fraction of sp³-hybridized carbons (Fsp3) is 0.400. The number of aliphatic imine (C=N–C) groups is 1. The maximum Gasteiger partial charge on any atom is 0.252 e. The van der Waals surface area contributed by atoms with Crippen LogP contribution >= 0.6 is 35.6 Å². The van der Waals surface area contributed by atoms with Gasteiger partial charge in [-0.2, -0.15) is 5.10 Å². The van der Waals surface area contributed by atoms with Crippen molar-refractivity contribution in [3.63, 3.8) is 0 Å². The standard InChI is InChI=1S/C20H26ClN7O2.HI/c1-3-22-20(24-9-8-23-19(30)16-6-4-5-7-17(16)21)27-10-11-28(18(29)14-27)15-12-25-26(2)13-15;/h4-7,12-13H,3,8-11,14H2,1-2H3,(H,22,24)(H,23,30);1H. The minimum absolute atomic E-state index is 0. The number of amides is 2. The first kappa shape index (κ1) is 24.9. The second-order valence-electron chi connectivity index (χ2n) is 6.81. The number of hydrogen-bond donors (Lipinski definition) is 2. The zero-order valence-electron chi connectivity index (χ0n) is 17.5. The van der Waals surface area contributed by atoms with Crippen LogP contribution in [0.4, 0.5) is 5.69 Å². The van der Waals surface area contributed by atoms with Crippen LogP contribution in [0.15, 0.2) is 41.7 Å². The fourth-order valence-corrected chi connectivity index (χ4v) is 3.39. The molecule has 1 aromatic heterocycles. The van der Waals surface area contributed by atoms with E-state index in [1.807, 2.05) is 25.1 Å². The molecule has 9 nitrogen and oxygen atoms in total. The Morgan fingerprint density at radius 1 is 1.26 bits per heavy atom. The number of halogens is 2. The van der Waals surface area contributed by atoms with Crippen molar-refractivity contribution in [2.75, 3.05) is 44.2 Å². The lowest BCUT2D eigenvalue weighted by molar-refractivity contribution is -0.120. The van der Waals surface area contributed by atoms with Gasteiger partial charge >= 0.3 is 0 Å². The molecule has 0 atom stereocenters. The zero-order chi connectivity index (χ0) is 21.5. The topological polar surface area (TPSA) is 94.9 Å². The Balaban J connectivity index is 0.00000341. The van der Waals surface area contributed by atoms with Crippen molar-refractivity contribution in [3.05, 3.63) is 47.2 Å². The van der Waals surface area contributed by atoms with Crippen LogP contribution in [0.3, 0.4) is 0 Å². The van der Waals surface area contributed by atoms with E-state index in [2.05, 4.69) is 20.7 Å². The predicted octanol–water partition coefficient (Wildman–Crippen LogP) is 1.74. The first-order valence-electron chi connectivity index (χ1n) is 9.84. The average Bonchev–Trinajstić information content (AvgIpc) is 3.16. The number of rotatable bonds is 6. The van der Waals surface area contributed by atoms with Crippen molar-refractivity contribution < 1.29 is 9.59 Å². The molecule has 11 heteroatoms. The highest BCUT2D eigenvalue weighted by Gasteiger charge is 2.27. The summed E-state index contributed by atoms with van der Waals surface area (Å²) in [4.78, 5) is 33.1. The number of aryl methyl sites for hydroxylation is 1. The van der Waals surface area contributed by atoms with Gasteiger partial charge in [-0.25, -0.2) is 0 Å². The highest BCUT2D eigenvalue weighted by atomic mass is 127. The van der Waals surface area contributed by atoms with Gasteiger partial charge in [-0.05, 0) is 19.1 Å². The Labute approximate surface area is 203 Å². The number of carbonyl (C=O) groups is 2. The first-order valence-corrected chi connectivity index (χ1v) is 10.2. The lowest BCUT2D eigenvalue weighted by Crippen LogP contribution is -2.55. The van der Waals surface area contributed by atoms with Gasteiger partial charge in [0.15, 0.2) is 5.96 Å². The molecule has 0 unspecified atom stereocenters. The van der Waals surface area contributed by atoms with E-state index in [0.717, 1.165) is 5.69 Å². The molecule has 2 amide bonds. The van der Waals surface area contributed by atoms with Crippen molar-refractivity contribution in [1.29, 1.82) is 0 Å². The summed E-state index contributed by atoms with van der Waals surface area (Å²) in [5.74, 6) is 0.414. The van der Waals surface area contributed by atoms with Gasteiger partial charge in [-0.3, -0.25) is 19.3 Å². The smallest absolute Gasteiger partial charge is 0.252 e. The number of nitrogens with zero attached hydrogens (tertiary/aromatic N) is 5. The van der Waals surface area contributed by atoms with E-state index in [1.54, 1.807) is 40.0 Å². The minimum Gasteiger partial charge on any atom is -0.357 e. The zero-order valence-corrected chi connectivity index (χ0v) is 20.6. The highest BCUT2D eigenvalue weighted by Crippen LogP contribution is 2.16. The number of piperazine rings is 1. The Hall–Kier alpha value is -2.34. The third-order valence-electron chi connectivity index (χ3n) is 4.64. The largest absolute Gasteiger partial charge is 0.357 e. The van der Waals surface area contributed by atoms with Gasteiger partial charge in [-0.15, -0.1) is 24.0 Å². The van der Waals surface area contributed by atoms with E-state index in [4.69, 9.17) is 11.6 Å². The van der Waals surface area contributed by atoms with Crippen LogP contribution in [-0.2, 0) is 11.8 Å². The molecule has 0 spiro atoms. The van der Waals surface area contributed by atoms with Crippen LogP contribution in [0.25, 0.3) is 0 Å². The van der Waals surface area contributed by atoms with Gasteiger partial charge in [0.05, 0.1) is 29.0 Å². The molecule has 0 aliphatic carbocycles. The fourth-order valence-electron chi connectivity index (χ4n) is 3.17. The van der Waals surface area contributed by atoms with Crippen LogP contribution in [0.5, 0.6) is 0 Å². The molecule has 168 valence electrons. The monoisotopic (exact) mass is 559 g/mol. The van der Waals surface area contributed by atoms with Crippen molar-refractivity contribution in [2.24, 2.45) is 12.0 Å². The normalized spacial score (nSPS) is 14.3. The Morgan fingerprint density at radius 2 is 2.03 bits per heavy atom. The van der Waals surface area contributed by atoms with E-state index >= 15 is 0 Å². The molecule has 1 aliphatic rings. The molecule has 1 aliphatic heterocycles. The lowest BCUT2D eigenvalue weighted by atomic mass is 10.2. The second-order valence-corrected chi connectivity index (χ2v) is 7.22. The average molecular weight is 560 g/mol. The summed E-state index contributed by atoms with van der Waals surface area (Å²) in [7, 11) is 1.82. The Kier molecular flexibility index (Phi) is 9.56. The van der Waals surface area contributed by atoms with Crippen LogP contribution in [0, 0.1) is 0 Å². The molecule has 1 saturated heterocycles. The number of guanidine groups is 1. The summed E-state index contributed by atoms with van der Waals surface area (Å²) < 4.78 is 1.68. The van der Waals surface area contributed by atoms with E-state index in [-0.39, 0.29) is 42.3 Å². The van der Waals surface area contributed by atoms with E-state index < -0.39 is 0 Å². The molecular weight excluding hydrogens is 533 g/mol. The number of hydrogen-bond acceptors (Lipinski definition) is 4. The van der Waals surface area contributed by atoms with Crippen LogP contribution < -0.4 is 15.5 Å². The number of benzene rings is 1. The molecule has 0 bridgehead atoms. The summed E-state index contributed by atoms with van der Waals surface area (Å²) in [5, 5.41) is 10.6. The van der Waals surface area contributed by atoms with Crippen molar-refractivity contribution >= 4 is 59.0 Å². The van der Waals surface area contributed by atoms with E-state index in [9.17, 15) is 9.59 Å². The quantitative estimate of drug-likeness (QED) is 0.243.